The Bertz CT molecular complexity index is 844. The van der Waals surface area contributed by atoms with E-state index in [2.05, 4.69) is 15.5 Å². The predicted octanol–water partition coefficient (Wildman–Crippen LogP) is 3.15. The number of hydrogen-bond donors (Lipinski definition) is 2. The molecule has 2 aromatic heterocycles. The van der Waals surface area contributed by atoms with Crippen molar-refractivity contribution in [2.45, 2.75) is 24.3 Å². The van der Waals surface area contributed by atoms with Crippen LogP contribution in [0.15, 0.2) is 46.9 Å². The van der Waals surface area contributed by atoms with E-state index >= 15 is 0 Å². The van der Waals surface area contributed by atoms with Gasteiger partial charge in [-0.15, -0.1) is 21.5 Å². The lowest BCUT2D eigenvalue weighted by Crippen LogP contribution is -2.23. The van der Waals surface area contributed by atoms with Crippen LogP contribution in [0.4, 0.5) is 5.69 Å². The van der Waals surface area contributed by atoms with E-state index in [1.165, 1.54) is 27.8 Å². The van der Waals surface area contributed by atoms with Crippen molar-refractivity contribution in [2.24, 2.45) is 0 Å². The number of benzene rings is 1. The molecule has 0 saturated carbocycles. The fourth-order valence-electron chi connectivity index (χ4n) is 2.11. The number of nitrogen functional groups attached to an aromatic ring is 1. The second-order valence-corrected chi connectivity index (χ2v) is 7.53. The van der Waals surface area contributed by atoms with Gasteiger partial charge in [-0.3, -0.25) is 4.79 Å². The Balaban J connectivity index is 1.68. The summed E-state index contributed by atoms with van der Waals surface area (Å²) in [5.41, 5.74) is 1.87. The molecule has 1 unspecified atom stereocenters. The van der Waals surface area contributed by atoms with Gasteiger partial charge in [0.15, 0.2) is 5.82 Å². The average Bonchev–Trinajstić information content (AvgIpc) is 3.18. The molecule has 8 heteroatoms. The Hall–Kier alpha value is -2.32. The number of amides is 1. The first-order valence-electron chi connectivity index (χ1n) is 7.33. The summed E-state index contributed by atoms with van der Waals surface area (Å²) < 4.78 is 1.42. The maximum absolute atomic E-state index is 12.3. The molecule has 0 saturated heterocycles. The van der Waals surface area contributed by atoms with E-state index in [4.69, 9.17) is 5.84 Å². The van der Waals surface area contributed by atoms with Crippen molar-refractivity contribution in [1.82, 2.24) is 14.9 Å². The third-order valence-electron chi connectivity index (χ3n) is 3.34. The third kappa shape index (κ3) is 3.60. The minimum Gasteiger partial charge on any atom is -0.335 e. The molecule has 24 heavy (non-hydrogen) atoms. The maximum Gasteiger partial charge on any atom is 0.237 e. The Kier molecular flexibility index (Phi) is 4.86. The van der Waals surface area contributed by atoms with Crippen molar-refractivity contribution in [3.63, 3.8) is 0 Å². The zero-order valence-corrected chi connectivity index (χ0v) is 14.9. The molecule has 1 amide bonds. The van der Waals surface area contributed by atoms with Crippen LogP contribution in [0.2, 0.25) is 0 Å². The fraction of sp³-hybridized carbons (Fsp3) is 0.188. The lowest BCUT2D eigenvalue weighted by atomic mass is 10.2. The van der Waals surface area contributed by atoms with Gasteiger partial charge in [-0.05, 0) is 43.0 Å². The summed E-state index contributed by atoms with van der Waals surface area (Å²) >= 11 is 2.82. The van der Waals surface area contributed by atoms with Gasteiger partial charge in [0.05, 0.1) is 10.1 Å². The van der Waals surface area contributed by atoms with Crippen LogP contribution in [0.5, 0.6) is 0 Å². The first-order chi connectivity index (χ1) is 11.5. The lowest BCUT2D eigenvalue weighted by molar-refractivity contribution is -0.115. The van der Waals surface area contributed by atoms with E-state index in [9.17, 15) is 4.79 Å². The molecule has 0 radical (unpaired) electrons. The van der Waals surface area contributed by atoms with Crippen LogP contribution < -0.4 is 11.2 Å². The van der Waals surface area contributed by atoms with Gasteiger partial charge in [-0.2, -0.15) is 0 Å². The van der Waals surface area contributed by atoms with Crippen molar-refractivity contribution in [1.29, 1.82) is 0 Å². The van der Waals surface area contributed by atoms with Crippen molar-refractivity contribution >= 4 is 34.7 Å². The van der Waals surface area contributed by atoms with Crippen LogP contribution in [0, 0.1) is 6.92 Å². The van der Waals surface area contributed by atoms with E-state index in [1.807, 2.05) is 55.6 Å². The summed E-state index contributed by atoms with van der Waals surface area (Å²) in [5, 5.41) is 13.2. The predicted molar refractivity (Wildman–Crippen MR) is 98.6 cm³/mol. The highest BCUT2D eigenvalue weighted by molar-refractivity contribution is 8.00. The first-order valence-corrected chi connectivity index (χ1v) is 9.09. The second-order valence-electron chi connectivity index (χ2n) is 5.27. The molecule has 124 valence electrons. The van der Waals surface area contributed by atoms with Gasteiger partial charge in [0.25, 0.3) is 0 Å². The molecule has 0 spiro atoms. The van der Waals surface area contributed by atoms with Crippen molar-refractivity contribution in [3.05, 3.63) is 47.3 Å². The van der Waals surface area contributed by atoms with Crippen LogP contribution in [0.3, 0.4) is 0 Å². The number of aryl methyl sites for hydroxylation is 1. The number of thioether (sulfide) groups is 1. The number of hydrogen-bond acceptors (Lipinski definition) is 6. The molecular formula is C16H17N5OS2. The Morgan fingerprint density at radius 2 is 2.17 bits per heavy atom. The summed E-state index contributed by atoms with van der Waals surface area (Å²) in [6, 6.07) is 11.5. The number of thiophene rings is 1. The number of carbonyl (C=O) groups excluding carboxylic acids is 1. The summed E-state index contributed by atoms with van der Waals surface area (Å²) in [6.07, 6.45) is 0. The smallest absolute Gasteiger partial charge is 0.237 e. The zero-order valence-electron chi connectivity index (χ0n) is 13.3. The highest BCUT2D eigenvalue weighted by Gasteiger charge is 2.20. The molecule has 0 fully saturated rings. The number of anilines is 1. The fourth-order valence-corrected chi connectivity index (χ4v) is 3.59. The summed E-state index contributed by atoms with van der Waals surface area (Å²) in [7, 11) is 0. The molecule has 0 aliphatic rings. The van der Waals surface area contributed by atoms with E-state index < -0.39 is 0 Å². The van der Waals surface area contributed by atoms with Crippen LogP contribution in [0.25, 0.3) is 10.7 Å². The minimum atomic E-state index is -0.354. The van der Waals surface area contributed by atoms with Crippen LogP contribution >= 0.6 is 23.1 Å². The molecule has 6 nitrogen and oxygen atoms in total. The van der Waals surface area contributed by atoms with Crippen molar-refractivity contribution < 1.29 is 4.79 Å². The summed E-state index contributed by atoms with van der Waals surface area (Å²) in [5.74, 6) is 6.55. The number of nitrogens with one attached hydrogen (secondary N) is 1. The normalized spacial score (nSPS) is 12.1. The maximum atomic E-state index is 12.3. The van der Waals surface area contributed by atoms with Crippen molar-refractivity contribution in [3.8, 4) is 10.7 Å². The molecule has 3 rings (SSSR count). The van der Waals surface area contributed by atoms with E-state index in [1.54, 1.807) is 0 Å². The standard InChI is InChI=1S/C16H17N5OS2/c1-10-5-3-6-12(9-10)18-15(22)11(2)24-16-20-19-14(21(16)17)13-7-4-8-23-13/h3-9,11H,17H2,1-2H3,(H,18,22). The molecule has 1 atom stereocenters. The first kappa shape index (κ1) is 16.5. The molecule has 0 aliphatic heterocycles. The third-order valence-corrected chi connectivity index (χ3v) is 5.27. The molecular weight excluding hydrogens is 342 g/mol. The van der Waals surface area contributed by atoms with Gasteiger partial charge < -0.3 is 11.2 Å². The molecule has 0 aliphatic carbocycles. The SMILES string of the molecule is Cc1cccc(NC(=O)C(C)Sc2nnc(-c3cccs3)n2N)c1. The van der Waals surface area contributed by atoms with Gasteiger partial charge in [0.2, 0.25) is 11.1 Å². The molecule has 3 aromatic rings. The Morgan fingerprint density at radius 1 is 1.33 bits per heavy atom. The molecule has 2 heterocycles. The number of nitrogens with two attached hydrogens (primary N) is 1. The van der Waals surface area contributed by atoms with Gasteiger partial charge in [-0.1, -0.05) is 30.0 Å². The topological polar surface area (TPSA) is 85.8 Å². The largest absolute Gasteiger partial charge is 0.335 e. The Morgan fingerprint density at radius 3 is 2.88 bits per heavy atom. The highest BCUT2D eigenvalue weighted by atomic mass is 32.2. The average molecular weight is 359 g/mol. The number of aromatic nitrogens is 3. The number of nitrogens with zero attached hydrogens (tertiary/aromatic N) is 3. The monoisotopic (exact) mass is 359 g/mol. The van der Waals surface area contributed by atoms with E-state index in [-0.39, 0.29) is 11.2 Å². The number of rotatable bonds is 5. The molecule has 1 aromatic carbocycles. The van der Waals surface area contributed by atoms with Gasteiger partial charge >= 0.3 is 0 Å². The highest BCUT2D eigenvalue weighted by Crippen LogP contribution is 2.27. The van der Waals surface area contributed by atoms with Crippen molar-refractivity contribution in [2.75, 3.05) is 11.2 Å². The summed E-state index contributed by atoms with van der Waals surface area (Å²) in [4.78, 5) is 13.3. The van der Waals surface area contributed by atoms with E-state index in [0.717, 1.165) is 16.1 Å². The van der Waals surface area contributed by atoms with Gasteiger partial charge in [-0.25, -0.2) is 4.68 Å². The van der Waals surface area contributed by atoms with Gasteiger partial charge in [0.1, 0.15) is 0 Å². The van der Waals surface area contributed by atoms with E-state index in [0.29, 0.717) is 11.0 Å². The Labute approximate surface area is 148 Å². The van der Waals surface area contributed by atoms with Crippen LogP contribution in [0.1, 0.15) is 12.5 Å². The quantitative estimate of drug-likeness (QED) is 0.540. The minimum absolute atomic E-state index is 0.105. The second kappa shape index (κ2) is 7.06. The lowest BCUT2D eigenvalue weighted by Gasteiger charge is -2.11. The van der Waals surface area contributed by atoms with Crippen LogP contribution in [-0.4, -0.2) is 26.0 Å². The zero-order chi connectivity index (χ0) is 17.1. The summed E-state index contributed by atoms with van der Waals surface area (Å²) in [6.45, 7) is 3.80. The molecule has 0 bridgehead atoms. The molecule has 3 N–H and O–H groups in total. The number of carbonyl (C=O) groups is 1. The van der Waals surface area contributed by atoms with Crippen LogP contribution in [-0.2, 0) is 4.79 Å². The van der Waals surface area contributed by atoms with Gasteiger partial charge in [0, 0.05) is 5.69 Å².